The smallest absolute Gasteiger partial charge is 0.359 e. The number of rotatable bonds is 5. The van der Waals surface area contributed by atoms with Gasteiger partial charge in [0.05, 0.1) is 17.5 Å². The molecule has 0 aliphatic carbocycles. The molecule has 0 aliphatic rings. The first-order valence-electron chi connectivity index (χ1n) is 6.05. The molecule has 1 aromatic heterocycles. The van der Waals surface area contributed by atoms with Crippen LogP contribution in [0.25, 0.3) is 0 Å². The van der Waals surface area contributed by atoms with Gasteiger partial charge in [-0.05, 0) is 27.2 Å². The van der Waals surface area contributed by atoms with Crippen LogP contribution in [0, 0.1) is 6.92 Å². The lowest BCUT2D eigenvalue weighted by atomic mass is 10.2. The summed E-state index contributed by atoms with van der Waals surface area (Å²) in [6.07, 6.45) is 1.74. The standard InChI is InChI=1S/C12H21N3O2/c1-5-7-8(3)17-12(16)11-10(13)9(4)14-15(11)6-2/h8H,5-7,13H2,1-4H3. The largest absolute Gasteiger partial charge is 0.458 e. The SMILES string of the molecule is CCCC(C)OC(=O)c1c(N)c(C)nn1CC. The number of hydrogen-bond acceptors (Lipinski definition) is 4. The van der Waals surface area contributed by atoms with Crippen LogP contribution < -0.4 is 5.73 Å². The molecule has 1 aromatic rings. The van der Waals surface area contributed by atoms with Crippen LogP contribution in [0.15, 0.2) is 0 Å². The van der Waals surface area contributed by atoms with Crippen molar-refractivity contribution >= 4 is 11.7 Å². The molecule has 96 valence electrons. The van der Waals surface area contributed by atoms with Crippen molar-refractivity contribution in [3.8, 4) is 0 Å². The molecule has 5 heteroatoms. The number of aryl methyl sites for hydroxylation is 2. The third kappa shape index (κ3) is 2.99. The Morgan fingerprint density at radius 2 is 2.18 bits per heavy atom. The van der Waals surface area contributed by atoms with Gasteiger partial charge < -0.3 is 10.5 Å². The maximum atomic E-state index is 12.0. The van der Waals surface area contributed by atoms with Gasteiger partial charge in [0, 0.05) is 6.54 Å². The molecule has 0 saturated carbocycles. The zero-order chi connectivity index (χ0) is 13.0. The average Bonchev–Trinajstić information content (AvgIpc) is 2.55. The van der Waals surface area contributed by atoms with E-state index in [0.717, 1.165) is 12.8 Å². The van der Waals surface area contributed by atoms with E-state index in [-0.39, 0.29) is 12.1 Å². The Balaban J connectivity index is 2.88. The topological polar surface area (TPSA) is 70.1 Å². The Morgan fingerprint density at radius 1 is 1.53 bits per heavy atom. The van der Waals surface area contributed by atoms with Gasteiger partial charge in [0.1, 0.15) is 0 Å². The molecule has 2 N–H and O–H groups in total. The zero-order valence-electron chi connectivity index (χ0n) is 11.0. The maximum absolute atomic E-state index is 12.0. The van der Waals surface area contributed by atoms with Gasteiger partial charge in [0.15, 0.2) is 5.69 Å². The van der Waals surface area contributed by atoms with Crippen molar-refractivity contribution in [2.75, 3.05) is 5.73 Å². The fourth-order valence-electron chi connectivity index (χ4n) is 1.74. The van der Waals surface area contributed by atoms with E-state index in [0.29, 0.717) is 23.6 Å². The monoisotopic (exact) mass is 239 g/mol. The Bertz CT molecular complexity index is 399. The summed E-state index contributed by atoms with van der Waals surface area (Å²) in [5.41, 5.74) is 7.30. The molecular weight excluding hydrogens is 218 g/mol. The molecule has 0 saturated heterocycles. The van der Waals surface area contributed by atoms with Gasteiger partial charge in [0.2, 0.25) is 0 Å². The molecular formula is C12H21N3O2. The summed E-state index contributed by atoms with van der Waals surface area (Å²) in [6.45, 7) is 8.24. The van der Waals surface area contributed by atoms with Crippen LogP contribution in [-0.4, -0.2) is 21.9 Å². The number of ether oxygens (including phenoxy) is 1. The van der Waals surface area contributed by atoms with Crippen LogP contribution in [0.4, 0.5) is 5.69 Å². The number of carbonyl (C=O) groups is 1. The number of nitrogen functional groups attached to an aromatic ring is 1. The molecule has 5 nitrogen and oxygen atoms in total. The predicted octanol–water partition coefficient (Wildman–Crippen LogP) is 2.14. The first kappa shape index (κ1) is 13.5. The molecule has 0 fully saturated rings. The van der Waals surface area contributed by atoms with Crippen LogP contribution >= 0.6 is 0 Å². The minimum atomic E-state index is -0.383. The Labute approximate surface area is 102 Å². The van der Waals surface area contributed by atoms with Gasteiger partial charge in [-0.2, -0.15) is 5.10 Å². The van der Waals surface area contributed by atoms with Gasteiger partial charge >= 0.3 is 5.97 Å². The van der Waals surface area contributed by atoms with Crippen molar-refractivity contribution < 1.29 is 9.53 Å². The van der Waals surface area contributed by atoms with Crippen molar-refractivity contribution in [1.82, 2.24) is 9.78 Å². The fraction of sp³-hybridized carbons (Fsp3) is 0.667. The number of hydrogen-bond donors (Lipinski definition) is 1. The Kier molecular flexibility index (Phi) is 4.54. The summed E-state index contributed by atoms with van der Waals surface area (Å²) in [6, 6.07) is 0. The van der Waals surface area contributed by atoms with E-state index in [1.807, 2.05) is 13.8 Å². The van der Waals surface area contributed by atoms with Gasteiger partial charge in [-0.3, -0.25) is 4.68 Å². The van der Waals surface area contributed by atoms with Gasteiger partial charge in [-0.15, -0.1) is 0 Å². The molecule has 1 unspecified atom stereocenters. The van der Waals surface area contributed by atoms with Crippen molar-refractivity contribution in [3.05, 3.63) is 11.4 Å². The minimum absolute atomic E-state index is 0.0904. The number of esters is 1. The van der Waals surface area contributed by atoms with Crippen LogP contribution in [0.3, 0.4) is 0 Å². The van der Waals surface area contributed by atoms with E-state index in [9.17, 15) is 4.79 Å². The lowest BCUT2D eigenvalue weighted by molar-refractivity contribution is 0.0310. The number of anilines is 1. The fourth-order valence-corrected chi connectivity index (χ4v) is 1.74. The second kappa shape index (κ2) is 5.70. The average molecular weight is 239 g/mol. The highest BCUT2D eigenvalue weighted by Gasteiger charge is 2.21. The van der Waals surface area contributed by atoms with E-state index in [1.165, 1.54) is 0 Å². The summed E-state index contributed by atoms with van der Waals surface area (Å²) < 4.78 is 6.92. The Morgan fingerprint density at radius 3 is 2.71 bits per heavy atom. The summed E-state index contributed by atoms with van der Waals surface area (Å²) >= 11 is 0. The molecule has 0 radical (unpaired) electrons. The van der Waals surface area contributed by atoms with Crippen molar-refractivity contribution in [1.29, 1.82) is 0 Å². The molecule has 1 heterocycles. The first-order chi connectivity index (χ1) is 8.01. The first-order valence-corrected chi connectivity index (χ1v) is 6.05. The second-order valence-corrected chi connectivity index (χ2v) is 4.17. The molecule has 1 atom stereocenters. The second-order valence-electron chi connectivity index (χ2n) is 4.17. The van der Waals surface area contributed by atoms with E-state index in [1.54, 1.807) is 11.6 Å². The van der Waals surface area contributed by atoms with E-state index >= 15 is 0 Å². The molecule has 0 aromatic carbocycles. The molecule has 0 aliphatic heterocycles. The third-order valence-corrected chi connectivity index (χ3v) is 2.67. The lowest BCUT2D eigenvalue weighted by Gasteiger charge is -2.12. The van der Waals surface area contributed by atoms with E-state index in [4.69, 9.17) is 10.5 Å². The lowest BCUT2D eigenvalue weighted by Crippen LogP contribution is -2.19. The highest BCUT2D eigenvalue weighted by molar-refractivity contribution is 5.93. The molecule has 0 bridgehead atoms. The summed E-state index contributed by atoms with van der Waals surface area (Å²) in [5.74, 6) is -0.383. The summed E-state index contributed by atoms with van der Waals surface area (Å²) in [5, 5.41) is 4.19. The van der Waals surface area contributed by atoms with Gasteiger partial charge in [-0.1, -0.05) is 13.3 Å². The Hall–Kier alpha value is -1.52. The number of nitrogens with zero attached hydrogens (tertiary/aromatic N) is 2. The van der Waals surface area contributed by atoms with Crippen molar-refractivity contribution in [2.24, 2.45) is 0 Å². The minimum Gasteiger partial charge on any atom is -0.458 e. The molecule has 17 heavy (non-hydrogen) atoms. The number of aromatic nitrogens is 2. The zero-order valence-corrected chi connectivity index (χ0v) is 11.0. The molecule has 0 amide bonds. The van der Waals surface area contributed by atoms with Gasteiger partial charge in [-0.25, -0.2) is 4.79 Å². The van der Waals surface area contributed by atoms with Crippen LogP contribution in [-0.2, 0) is 11.3 Å². The van der Waals surface area contributed by atoms with E-state index in [2.05, 4.69) is 12.0 Å². The molecule has 1 rings (SSSR count). The normalized spacial score (nSPS) is 12.5. The van der Waals surface area contributed by atoms with Crippen LogP contribution in [0.2, 0.25) is 0 Å². The number of carbonyl (C=O) groups excluding carboxylic acids is 1. The van der Waals surface area contributed by atoms with Crippen molar-refractivity contribution in [2.45, 2.75) is 53.2 Å². The highest BCUT2D eigenvalue weighted by atomic mass is 16.5. The number of nitrogens with two attached hydrogens (primary N) is 1. The highest BCUT2D eigenvalue weighted by Crippen LogP contribution is 2.18. The summed E-state index contributed by atoms with van der Waals surface area (Å²) in [7, 11) is 0. The molecule has 0 spiro atoms. The third-order valence-electron chi connectivity index (χ3n) is 2.67. The van der Waals surface area contributed by atoms with Crippen molar-refractivity contribution in [3.63, 3.8) is 0 Å². The van der Waals surface area contributed by atoms with Crippen LogP contribution in [0.1, 0.15) is 49.8 Å². The maximum Gasteiger partial charge on any atom is 0.359 e. The predicted molar refractivity (Wildman–Crippen MR) is 66.8 cm³/mol. The summed E-state index contributed by atoms with van der Waals surface area (Å²) in [4.78, 5) is 12.0. The van der Waals surface area contributed by atoms with Crippen LogP contribution in [0.5, 0.6) is 0 Å². The quantitative estimate of drug-likeness (QED) is 0.799. The van der Waals surface area contributed by atoms with Gasteiger partial charge in [0.25, 0.3) is 0 Å². The van der Waals surface area contributed by atoms with E-state index < -0.39 is 0 Å².